The maximum atomic E-state index is 11.6. The summed E-state index contributed by atoms with van der Waals surface area (Å²) in [6, 6.07) is 3.14. The van der Waals surface area contributed by atoms with E-state index >= 15 is 0 Å². The van der Waals surface area contributed by atoms with Crippen LogP contribution in [0.15, 0.2) is 12.1 Å². The summed E-state index contributed by atoms with van der Waals surface area (Å²) in [4.78, 5) is 3.79. The molecule has 0 amide bonds. The summed E-state index contributed by atoms with van der Waals surface area (Å²) < 4.78 is 22.5. The van der Waals surface area contributed by atoms with Crippen molar-refractivity contribution >= 4 is 33.0 Å². The first-order chi connectivity index (χ1) is 6.85. The highest BCUT2D eigenvalue weighted by atomic mass is 35.5. The van der Waals surface area contributed by atoms with Gasteiger partial charge in [0.25, 0.3) is 0 Å². The van der Waals surface area contributed by atoms with Crippen molar-refractivity contribution in [3.63, 3.8) is 0 Å². The lowest BCUT2D eigenvalue weighted by molar-refractivity contribution is 0.586. The molecule has 6 heteroatoms. The maximum Gasteiger partial charge on any atom is 0.157 e. The van der Waals surface area contributed by atoms with Crippen LogP contribution in [0, 0.1) is 0 Å². The first-order valence-corrected chi connectivity index (χ1v) is 7.03. The fraction of sp³-hybridized carbons (Fsp3) is 0.444. The summed E-state index contributed by atoms with van der Waals surface area (Å²) in [5.74, 6) is 0. The molecular formula is C9H9Cl2NO2S. The summed E-state index contributed by atoms with van der Waals surface area (Å²) in [7, 11) is -3.12. The van der Waals surface area contributed by atoms with Crippen LogP contribution in [0.1, 0.15) is 18.4 Å². The van der Waals surface area contributed by atoms with E-state index in [9.17, 15) is 8.42 Å². The summed E-state index contributed by atoms with van der Waals surface area (Å²) in [5, 5.41) is 0.458. The predicted octanol–water partition coefficient (Wildman–Crippen LogP) is 2.42. The average molecular weight is 266 g/mol. The molecule has 1 aromatic rings. The molecule has 1 heterocycles. The van der Waals surface area contributed by atoms with Gasteiger partial charge in [-0.1, -0.05) is 23.2 Å². The number of aromatic nitrogens is 1. The van der Waals surface area contributed by atoms with Crippen LogP contribution < -0.4 is 0 Å². The van der Waals surface area contributed by atoms with Crippen LogP contribution in [0.4, 0.5) is 0 Å². The topological polar surface area (TPSA) is 47.0 Å². The molecule has 0 N–H and O–H groups in total. The van der Waals surface area contributed by atoms with Crippen LogP contribution in [-0.2, 0) is 14.6 Å². The van der Waals surface area contributed by atoms with Gasteiger partial charge in [-0.3, -0.25) is 0 Å². The molecule has 0 bridgehead atoms. The lowest BCUT2D eigenvalue weighted by Gasteiger charge is -2.13. The van der Waals surface area contributed by atoms with Crippen molar-refractivity contribution < 1.29 is 8.42 Å². The van der Waals surface area contributed by atoms with E-state index in [1.807, 2.05) is 0 Å². The predicted molar refractivity (Wildman–Crippen MR) is 60.0 cm³/mol. The third kappa shape index (κ3) is 1.86. The van der Waals surface area contributed by atoms with Gasteiger partial charge < -0.3 is 0 Å². The minimum absolute atomic E-state index is 0.229. The molecule has 2 rings (SSSR count). The zero-order valence-electron chi connectivity index (χ0n) is 8.00. The van der Waals surface area contributed by atoms with Crippen LogP contribution in [0.25, 0.3) is 0 Å². The molecule has 15 heavy (non-hydrogen) atoms. The molecule has 0 unspecified atom stereocenters. The van der Waals surface area contributed by atoms with Crippen molar-refractivity contribution in [3.05, 3.63) is 28.0 Å². The van der Waals surface area contributed by atoms with Gasteiger partial charge in [0.2, 0.25) is 0 Å². The minimum Gasteiger partial charge on any atom is -0.228 e. The van der Waals surface area contributed by atoms with Gasteiger partial charge in [0.1, 0.15) is 10.3 Å². The molecule has 1 aliphatic rings. The molecular weight excluding hydrogens is 257 g/mol. The highest BCUT2D eigenvalue weighted by Gasteiger charge is 2.53. The molecule has 0 atom stereocenters. The smallest absolute Gasteiger partial charge is 0.157 e. The second-order valence-electron chi connectivity index (χ2n) is 3.77. The van der Waals surface area contributed by atoms with Gasteiger partial charge in [-0.2, -0.15) is 0 Å². The second kappa shape index (κ2) is 3.34. The summed E-state index contributed by atoms with van der Waals surface area (Å²) in [6.45, 7) is 0. The van der Waals surface area contributed by atoms with Crippen LogP contribution in [0.5, 0.6) is 0 Å². The number of hydrogen-bond acceptors (Lipinski definition) is 3. The minimum atomic E-state index is -3.12. The third-order valence-corrected chi connectivity index (χ3v) is 5.15. The van der Waals surface area contributed by atoms with Crippen molar-refractivity contribution in [2.75, 3.05) is 6.26 Å². The molecule has 82 valence electrons. The maximum absolute atomic E-state index is 11.6. The monoisotopic (exact) mass is 265 g/mol. The van der Waals surface area contributed by atoms with Crippen LogP contribution in [0.3, 0.4) is 0 Å². The number of sulfone groups is 1. The Morgan fingerprint density at radius 2 is 1.73 bits per heavy atom. The van der Waals surface area contributed by atoms with Gasteiger partial charge in [0.15, 0.2) is 9.84 Å². The van der Waals surface area contributed by atoms with Crippen molar-refractivity contribution in [1.29, 1.82) is 0 Å². The quantitative estimate of drug-likeness (QED) is 0.772. The number of pyridine rings is 1. The molecule has 0 spiro atoms. The van der Waals surface area contributed by atoms with Gasteiger partial charge in [-0.05, 0) is 30.5 Å². The molecule has 1 aromatic heterocycles. The van der Waals surface area contributed by atoms with Crippen LogP contribution >= 0.6 is 23.2 Å². The van der Waals surface area contributed by atoms with E-state index in [0.29, 0.717) is 18.4 Å². The number of halogens is 2. The first kappa shape index (κ1) is 11.2. The first-order valence-electron chi connectivity index (χ1n) is 4.38. The summed E-state index contributed by atoms with van der Waals surface area (Å²) in [5.41, 5.74) is 0.648. The molecule has 3 nitrogen and oxygen atoms in total. The SMILES string of the molecule is CS(=O)(=O)C1(c2cc(Cl)nc(Cl)c2)CC1. The van der Waals surface area contributed by atoms with Crippen LogP contribution in [-0.4, -0.2) is 19.7 Å². The Bertz CT molecular complexity index is 489. The van der Waals surface area contributed by atoms with Gasteiger partial charge in [0, 0.05) is 6.26 Å². The zero-order valence-corrected chi connectivity index (χ0v) is 10.3. The molecule has 0 radical (unpaired) electrons. The van der Waals surface area contributed by atoms with E-state index in [-0.39, 0.29) is 10.3 Å². The number of hydrogen-bond donors (Lipinski definition) is 0. The molecule has 1 fully saturated rings. The van der Waals surface area contributed by atoms with E-state index in [2.05, 4.69) is 4.98 Å². The molecule has 1 aliphatic carbocycles. The van der Waals surface area contributed by atoms with Crippen LogP contribution in [0.2, 0.25) is 10.3 Å². The largest absolute Gasteiger partial charge is 0.228 e. The highest BCUT2D eigenvalue weighted by molar-refractivity contribution is 7.92. The Hall–Kier alpha value is -0.320. The standard InChI is InChI=1S/C9H9Cl2NO2S/c1-15(13,14)9(2-3-9)6-4-7(10)12-8(11)5-6/h4-5H,2-3H2,1H3. The van der Waals surface area contributed by atoms with Crippen molar-refractivity contribution in [2.45, 2.75) is 17.6 Å². The highest BCUT2D eigenvalue weighted by Crippen LogP contribution is 2.52. The second-order valence-corrected chi connectivity index (χ2v) is 6.87. The Morgan fingerprint density at radius 3 is 2.07 bits per heavy atom. The van der Waals surface area contributed by atoms with Crippen molar-refractivity contribution in [3.8, 4) is 0 Å². The van der Waals surface area contributed by atoms with E-state index in [0.717, 1.165) is 0 Å². The average Bonchev–Trinajstić information content (AvgIpc) is 2.79. The Morgan fingerprint density at radius 1 is 1.27 bits per heavy atom. The van der Waals surface area contributed by atoms with Gasteiger partial charge >= 0.3 is 0 Å². The lowest BCUT2D eigenvalue weighted by atomic mass is 10.2. The Kier molecular flexibility index (Phi) is 2.48. The summed E-state index contributed by atoms with van der Waals surface area (Å²) in [6.07, 6.45) is 2.49. The normalized spacial score (nSPS) is 18.9. The Balaban J connectivity index is 2.56. The number of nitrogens with zero attached hydrogens (tertiary/aromatic N) is 1. The molecule has 0 saturated heterocycles. The van der Waals surface area contributed by atoms with Crippen molar-refractivity contribution in [2.24, 2.45) is 0 Å². The van der Waals surface area contributed by atoms with Gasteiger partial charge in [-0.25, -0.2) is 13.4 Å². The molecule has 0 aliphatic heterocycles. The Labute approximate surface area is 98.3 Å². The van der Waals surface area contributed by atoms with E-state index in [1.54, 1.807) is 12.1 Å². The molecule has 1 saturated carbocycles. The van der Waals surface area contributed by atoms with Crippen molar-refractivity contribution in [1.82, 2.24) is 4.98 Å². The fourth-order valence-electron chi connectivity index (χ4n) is 1.72. The third-order valence-electron chi connectivity index (χ3n) is 2.70. The lowest BCUT2D eigenvalue weighted by Crippen LogP contribution is -2.19. The van der Waals surface area contributed by atoms with E-state index in [1.165, 1.54) is 6.26 Å². The zero-order chi connectivity index (χ0) is 11.3. The molecule has 0 aromatic carbocycles. The van der Waals surface area contributed by atoms with Gasteiger partial charge in [-0.15, -0.1) is 0 Å². The van der Waals surface area contributed by atoms with E-state index < -0.39 is 14.6 Å². The fourth-order valence-corrected chi connectivity index (χ4v) is 3.57. The van der Waals surface area contributed by atoms with E-state index in [4.69, 9.17) is 23.2 Å². The summed E-state index contributed by atoms with van der Waals surface area (Å²) >= 11 is 11.5. The van der Waals surface area contributed by atoms with Gasteiger partial charge in [0.05, 0.1) is 4.75 Å². The number of rotatable bonds is 2.